The van der Waals surface area contributed by atoms with Crippen molar-refractivity contribution in [1.29, 1.82) is 0 Å². The minimum Gasteiger partial charge on any atom is -0.489 e. The molecule has 2 aromatic rings. The zero-order valence-corrected chi connectivity index (χ0v) is 11.5. The molecule has 100 valence electrons. The summed E-state index contributed by atoms with van der Waals surface area (Å²) in [4.78, 5) is 0. The van der Waals surface area contributed by atoms with Crippen LogP contribution in [0.3, 0.4) is 0 Å². The van der Waals surface area contributed by atoms with E-state index in [2.05, 4.69) is 31.2 Å². The van der Waals surface area contributed by atoms with Crippen LogP contribution < -0.4 is 4.74 Å². The molecule has 0 saturated carbocycles. The van der Waals surface area contributed by atoms with E-state index < -0.39 is 0 Å². The molecule has 2 aromatic carbocycles. The van der Waals surface area contributed by atoms with Gasteiger partial charge in [0, 0.05) is 7.11 Å². The molecule has 1 atom stereocenters. The second-order valence-electron chi connectivity index (χ2n) is 4.67. The van der Waals surface area contributed by atoms with Crippen molar-refractivity contribution in [2.24, 2.45) is 0 Å². The van der Waals surface area contributed by atoms with Crippen LogP contribution >= 0.6 is 0 Å². The molecule has 0 bridgehead atoms. The molecule has 19 heavy (non-hydrogen) atoms. The summed E-state index contributed by atoms with van der Waals surface area (Å²) in [6.45, 7) is 2.67. The topological polar surface area (TPSA) is 18.5 Å². The third-order valence-corrected chi connectivity index (χ3v) is 3.07. The molecule has 2 nitrogen and oxygen atoms in total. The Hall–Kier alpha value is -1.80. The molecule has 0 amide bonds. The van der Waals surface area contributed by atoms with Crippen molar-refractivity contribution >= 4 is 0 Å². The number of benzene rings is 2. The maximum Gasteiger partial charge on any atom is 0.120 e. The van der Waals surface area contributed by atoms with E-state index in [0.29, 0.717) is 6.61 Å². The first-order valence-electron chi connectivity index (χ1n) is 6.56. The minimum absolute atomic E-state index is 0.226. The van der Waals surface area contributed by atoms with Gasteiger partial charge in [0.05, 0.1) is 6.10 Å². The second-order valence-corrected chi connectivity index (χ2v) is 4.67. The van der Waals surface area contributed by atoms with Crippen molar-refractivity contribution in [1.82, 2.24) is 0 Å². The Morgan fingerprint density at radius 1 is 0.947 bits per heavy atom. The lowest BCUT2D eigenvalue weighted by atomic mass is 10.1. The number of hydrogen-bond acceptors (Lipinski definition) is 2. The fourth-order valence-electron chi connectivity index (χ4n) is 1.92. The molecule has 2 heteroatoms. The van der Waals surface area contributed by atoms with E-state index in [9.17, 15) is 0 Å². The second kappa shape index (κ2) is 6.95. The Balaban J connectivity index is 1.95. The number of ether oxygens (including phenoxy) is 2. The van der Waals surface area contributed by atoms with Crippen molar-refractivity contribution in [3.05, 3.63) is 65.7 Å². The first kappa shape index (κ1) is 13.6. The van der Waals surface area contributed by atoms with E-state index in [1.54, 1.807) is 7.11 Å². The average molecular weight is 256 g/mol. The molecule has 0 saturated heterocycles. The van der Waals surface area contributed by atoms with Crippen LogP contribution in [-0.4, -0.2) is 13.2 Å². The summed E-state index contributed by atoms with van der Waals surface area (Å²) < 4.78 is 11.1. The monoisotopic (exact) mass is 256 g/mol. The fourth-order valence-corrected chi connectivity index (χ4v) is 1.92. The van der Waals surface area contributed by atoms with E-state index in [1.165, 1.54) is 11.1 Å². The predicted molar refractivity (Wildman–Crippen MR) is 77.4 cm³/mol. The summed E-state index contributed by atoms with van der Waals surface area (Å²) in [7, 11) is 1.74. The molecule has 0 N–H and O–H groups in total. The van der Waals surface area contributed by atoms with Crippen LogP contribution in [0.15, 0.2) is 54.6 Å². The van der Waals surface area contributed by atoms with Crippen LogP contribution in [-0.2, 0) is 17.8 Å². The van der Waals surface area contributed by atoms with Gasteiger partial charge in [-0.15, -0.1) is 0 Å². The first-order valence-corrected chi connectivity index (χ1v) is 6.56. The van der Waals surface area contributed by atoms with E-state index in [4.69, 9.17) is 9.47 Å². The Morgan fingerprint density at radius 3 is 2.42 bits per heavy atom. The van der Waals surface area contributed by atoms with Crippen molar-refractivity contribution in [2.45, 2.75) is 26.1 Å². The SMILES string of the molecule is CO[C@@H](C)Cc1cccc(OCc2ccccc2)c1. The molecular formula is C17H20O2. The summed E-state index contributed by atoms with van der Waals surface area (Å²) in [5, 5.41) is 0. The normalized spacial score (nSPS) is 12.1. The Morgan fingerprint density at radius 2 is 1.68 bits per heavy atom. The highest BCUT2D eigenvalue weighted by Crippen LogP contribution is 2.16. The quantitative estimate of drug-likeness (QED) is 0.781. The lowest BCUT2D eigenvalue weighted by Gasteiger charge is -2.11. The summed E-state index contributed by atoms with van der Waals surface area (Å²) in [6.07, 6.45) is 1.13. The number of rotatable bonds is 6. The lowest BCUT2D eigenvalue weighted by Crippen LogP contribution is -2.08. The van der Waals surface area contributed by atoms with Gasteiger partial charge in [0.25, 0.3) is 0 Å². The largest absolute Gasteiger partial charge is 0.489 e. The highest BCUT2D eigenvalue weighted by atomic mass is 16.5. The maximum absolute atomic E-state index is 5.81. The molecule has 0 spiro atoms. The fraction of sp³-hybridized carbons (Fsp3) is 0.294. The zero-order valence-electron chi connectivity index (χ0n) is 11.5. The summed E-state index contributed by atoms with van der Waals surface area (Å²) in [6, 6.07) is 18.4. The van der Waals surface area contributed by atoms with Gasteiger partial charge in [0.2, 0.25) is 0 Å². The smallest absolute Gasteiger partial charge is 0.120 e. The molecule has 0 aliphatic heterocycles. The van der Waals surface area contributed by atoms with Crippen molar-refractivity contribution in [3.63, 3.8) is 0 Å². The average Bonchev–Trinajstić information content (AvgIpc) is 2.46. The van der Waals surface area contributed by atoms with E-state index in [1.807, 2.05) is 30.3 Å². The Labute approximate surface area is 115 Å². The Bertz CT molecular complexity index is 494. The van der Waals surface area contributed by atoms with Crippen LogP contribution in [0, 0.1) is 0 Å². The third kappa shape index (κ3) is 4.42. The van der Waals surface area contributed by atoms with Crippen LogP contribution in [0.1, 0.15) is 18.1 Å². The highest BCUT2D eigenvalue weighted by Gasteiger charge is 2.03. The van der Waals surface area contributed by atoms with Gasteiger partial charge in [0.15, 0.2) is 0 Å². The number of methoxy groups -OCH3 is 1. The molecule has 0 heterocycles. The highest BCUT2D eigenvalue weighted by molar-refractivity contribution is 5.29. The Kier molecular flexibility index (Phi) is 4.99. The molecular weight excluding hydrogens is 236 g/mol. The minimum atomic E-state index is 0.226. The molecule has 0 aliphatic carbocycles. The zero-order chi connectivity index (χ0) is 13.5. The van der Waals surface area contributed by atoms with Crippen molar-refractivity contribution < 1.29 is 9.47 Å². The van der Waals surface area contributed by atoms with Gasteiger partial charge in [-0.2, -0.15) is 0 Å². The van der Waals surface area contributed by atoms with Crippen molar-refractivity contribution in [2.75, 3.05) is 7.11 Å². The van der Waals surface area contributed by atoms with E-state index in [-0.39, 0.29) is 6.10 Å². The van der Waals surface area contributed by atoms with E-state index in [0.717, 1.165) is 12.2 Å². The van der Waals surface area contributed by atoms with Gasteiger partial charge < -0.3 is 9.47 Å². The first-order chi connectivity index (χ1) is 9.28. The molecule has 0 fully saturated rings. The lowest BCUT2D eigenvalue weighted by molar-refractivity contribution is 0.118. The van der Waals surface area contributed by atoms with Crippen LogP contribution in [0.5, 0.6) is 5.75 Å². The summed E-state index contributed by atoms with van der Waals surface area (Å²) in [5.41, 5.74) is 2.41. The number of hydrogen-bond donors (Lipinski definition) is 0. The van der Waals surface area contributed by atoms with Gasteiger partial charge >= 0.3 is 0 Å². The third-order valence-electron chi connectivity index (χ3n) is 3.07. The van der Waals surface area contributed by atoms with Crippen LogP contribution in [0.4, 0.5) is 0 Å². The maximum atomic E-state index is 5.81. The van der Waals surface area contributed by atoms with Crippen LogP contribution in [0.25, 0.3) is 0 Å². The summed E-state index contributed by atoms with van der Waals surface area (Å²) in [5.74, 6) is 0.907. The van der Waals surface area contributed by atoms with Gasteiger partial charge in [-0.1, -0.05) is 42.5 Å². The predicted octanol–water partition coefficient (Wildman–Crippen LogP) is 3.84. The van der Waals surface area contributed by atoms with E-state index >= 15 is 0 Å². The van der Waals surface area contributed by atoms with Crippen LogP contribution in [0.2, 0.25) is 0 Å². The van der Waals surface area contributed by atoms with Gasteiger partial charge in [-0.05, 0) is 36.6 Å². The molecule has 0 aromatic heterocycles. The molecule has 0 radical (unpaired) electrons. The van der Waals surface area contributed by atoms with Gasteiger partial charge in [0.1, 0.15) is 12.4 Å². The van der Waals surface area contributed by atoms with Gasteiger partial charge in [-0.25, -0.2) is 0 Å². The molecule has 0 aliphatic rings. The van der Waals surface area contributed by atoms with Crippen molar-refractivity contribution in [3.8, 4) is 5.75 Å². The summed E-state index contributed by atoms with van der Waals surface area (Å²) >= 11 is 0. The molecule has 2 rings (SSSR count). The van der Waals surface area contributed by atoms with Gasteiger partial charge in [-0.3, -0.25) is 0 Å². The molecule has 0 unspecified atom stereocenters. The standard InChI is InChI=1S/C17H20O2/c1-14(18-2)11-16-9-6-10-17(12-16)19-13-15-7-4-3-5-8-15/h3-10,12,14H,11,13H2,1-2H3/t14-/m0/s1.